The van der Waals surface area contributed by atoms with Crippen LogP contribution in [0.5, 0.6) is 0 Å². The highest BCUT2D eigenvalue weighted by Crippen LogP contribution is 2.25. The van der Waals surface area contributed by atoms with Crippen molar-refractivity contribution in [2.24, 2.45) is 7.05 Å². The fraction of sp³-hybridized carbons (Fsp3) is 0.786. The lowest BCUT2D eigenvalue weighted by molar-refractivity contribution is -0.0500. The van der Waals surface area contributed by atoms with Crippen LogP contribution in [0.3, 0.4) is 0 Å². The van der Waals surface area contributed by atoms with Gasteiger partial charge in [0, 0.05) is 30.9 Å². The Labute approximate surface area is 110 Å². The zero-order chi connectivity index (χ0) is 13.3. The van der Waals surface area contributed by atoms with E-state index in [-0.39, 0.29) is 0 Å². The highest BCUT2D eigenvalue weighted by molar-refractivity contribution is 5.24. The van der Waals surface area contributed by atoms with Crippen LogP contribution >= 0.6 is 0 Å². The van der Waals surface area contributed by atoms with Crippen molar-refractivity contribution < 1.29 is 4.74 Å². The number of ether oxygens (including phenoxy) is 1. The molecule has 1 aromatic heterocycles. The van der Waals surface area contributed by atoms with Gasteiger partial charge in [-0.1, -0.05) is 0 Å². The van der Waals surface area contributed by atoms with Crippen molar-refractivity contribution in [1.82, 2.24) is 15.1 Å². The van der Waals surface area contributed by atoms with Crippen molar-refractivity contribution >= 4 is 0 Å². The molecule has 1 aromatic rings. The van der Waals surface area contributed by atoms with Gasteiger partial charge in [0.05, 0.1) is 17.9 Å². The SMILES string of the molecule is Cc1nn(C)c(C)c1CNC1CC(OC(C)C)C1. The summed E-state index contributed by atoms with van der Waals surface area (Å²) in [6.45, 7) is 9.33. The monoisotopic (exact) mass is 251 g/mol. The predicted molar refractivity (Wildman–Crippen MR) is 72.6 cm³/mol. The van der Waals surface area contributed by atoms with Gasteiger partial charge in [0.1, 0.15) is 0 Å². The molecule has 1 N–H and O–H groups in total. The van der Waals surface area contributed by atoms with Gasteiger partial charge in [-0.3, -0.25) is 4.68 Å². The van der Waals surface area contributed by atoms with Gasteiger partial charge < -0.3 is 10.1 Å². The minimum atomic E-state index is 0.346. The lowest BCUT2D eigenvalue weighted by atomic mass is 9.89. The maximum absolute atomic E-state index is 5.76. The van der Waals surface area contributed by atoms with E-state index in [2.05, 4.69) is 38.1 Å². The summed E-state index contributed by atoms with van der Waals surface area (Å²) in [6.07, 6.45) is 3.07. The molecule has 0 aromatic carbocycles. The normalized spacial score (nSPS) is 23.4. The maximum Gasteiger partial charge on any atom is 0.0641 e. The first-order valence-electron chi connectivity index (χ1n) is 6.85. The van der Waals surface area contributed by atoms with E-state index in [1.54, 1.807) is 0 Å². The van der Waals surface area contributed by atoms with E-state index in [0.29, 0.717) is 18.2 Å². The van der Waals surface area contributed by atoms with Gasteiger partial charge >= 0.3 is 0 Å². The molecule has 4 nitrogen and oxygen atoms in total. The molecule has 2 rings (SSSR count). The number of aryl methyl sites for hydroxylation is 2. The lowest BCUT2D eigenvalue weighted by Gasteiger charge is -2.37. The summed E-state index contributed by atoms with van der Waals surface area (Å²) < 4.78 is 7.72. The molecule has 1 saturated carbocycles. The number of rotatable bonds is 5. The van der Waals surface area contributed by atoms with Gasteiger partial charge in [-0.15, -0.1) is 0 Å². The van der Waals surface area contributed by atoms with Crippen LogP contribution in [0.1, 0.15) is 43.6 Å². The first kappa shape index (κ1) is 13.6. The largest absolute Gasteiger partial charge is 0.375 e. The second kappa shape index (κ2) is 5.41. The van der Waals surface area contributed by atoms with Gasteiger partial charge in [0.2, 0.25) is 0 Å². The molecule has 0 bridgehead atoms. The molecule has 0 amide bonds. The Morgan fingerprint density at radius 1 is 1.39 bits per heavy atom. The van der Waals surface area contributed by atoms with Crippen LogP contribution in [-0.2, 0) is 18.3 Å². The Hall–Kier alpha value is -0.870. The highest BCUT2D eigenvalue weighted by atomic mass is 16.5. The van der Waals surface area contributed by atoms with Crippen molar-refractivity contribution in [2.45, 2.75) is 65.3 Å². The highest BCUT2D eigenvalue weighted by Gasteiger charge is 2.30. The second-order valence-corrected chi connectivity index (χ2v) is 5.63. The Kier molecular flexibility index (Phi) is 4.07. The summed E-state index contributed by atoms with van der Waals surface area (Å²) in [5.41, 5.74) is 3.73. The summed E-state index contributed by atoms with van der Waals surface area (Å²) in [6, 6.07) is 0.604. The molecule has 0 atom stereocenters. The van der Waals surface area contributed by atoms with Gasteiger partial charge in [0.15, 0.2) is 0 Å². The number of nitrogens with zero attached hydrogens (tertiary/aromatic N) is 2. The Balaban J connectivity index is 1.77. The van der Waals surface area contributed by atoms with Gasteiger partial charge in [-0.25, -0.2) is 0 Å². The molecular formula is C14H25N3O. The van der Waals surface area contributed by atoms with Gasteiger partial charge in [0.25, 0.3) is 0 Å². The van der Waals surface area contributed by atoms with Crippen molar-refractivity contribution in [3.63, 3.8) is 0 Å². The molecule has 18 heavy (non-hydrogen) atoms. The molecule has 1 fully saturated rings. The van der Waals surface area contributed by atoms with E-state index in [0.717, 1.165) is 25.1 Å². The first-order chi connectivity index (χ1) is 8.47. The third-order valence-electron chi connectivity index (χ3n) is 3.79. The average Bonchev–Trinajstić information content (AvgIpc) is 2.46. The standard InChI is InChI=1S/C14H25N3O/c1-9(2)18-13-6-12(7-13)15-8-14-10(3)16-17(5)11(14)4/h9,12-13,15H,6-8H2,1-5H3. The van der Waals surface area contributed by atoms with Crippen LogP contribution in [-0.4, -0.2) is 28.0 Å². The molecule has 1 aliphatic rings. The lowest BCUT2D eigenvalue weighted by Crippen LogP contribution is -2.45. The first-order valence-corrected chi connectivity index (χ1v) is 6.85. The summed E-state index contributed by atoms with van der Waals surface area (Å²) in [5.74, 6) is 0. The zero-order valence-electron chi connectivity index (χ0n) is 12.2. The molecule has 1 aliphatic carbocycles. The number of hydrogen-bond acceptors (Lipinski definition) is 3. The molecule has 0 saturated heterocycles. The third-order valence-corrected chi connectivity index (χ3v) is 3.79. The molecule has 0 radical (unpaired) electrons. The van der Waals surface area contributed by atoms with E-state index in [9.17, 15) is 0 Å². The Morgan fingerprint density at radius 3 is 2.56 bits per heavy atom. The van der Waals surface area contributed by atoms with E-state index in [1.165, 1.54) is 11.3 Å². The number of aromatic nitrogens is 2. The maximum atomic E-state index is 5.76. The fourth-order valence-electron chi connectivity index (χ4n) is 2.55. The average molecular weight is 251 g/mol. The Bertz CT molecular complexity index is 405. The molecule has 102 valence electrons. The van der Waals surface area contributed by atoms with E-state index in [4.69, 9.17) is 4.74 Å². The quantitative estimate of drug-likeness (QED) is 0.871. The summed E-state index contributed by atoms with van der Waals surface area (Å²) in [7, 11) is 2.00. The van der Waals surface area contributed by atoms with Crippen molar-refractivity contribution in [2.75, 3.05) is 0 Å². The van der Waals surface area contributed by atoms with Crippen molar-refractivity contribution in [3.05, 3.63) is 17.0 Å². The fourth-order valence-corrected chi connectivity index (χ4v) is 2.55. The van der Waals surface area contributed by atoms with Crippen molar-refractivity contribution in [1.29, 1.82) is 0 Å². The van der Waals surface area contributed by atoms with Crippen LogP contribution in [0.2, 0.25) is 0 Å². The number of hydrogen-bond donors (Lipinski definition) is 1. The molecule has 0 spiro atoms. The summed E-state index contributed by atoms with van der Waals surface area (Å²) >= 11 is 0. The minimum Gasteiger partial charge on any atom is -0.375 e. The van der Waals surface area contributed by atoms with E-state index >= 15 is 0 Å². The summed E-state index contributed by atoms with van der Waals surface area (Å²) in [4.78, 5) is 0. The van der Waals surface area contributed by atoms with Gasteiger partial charge in [-0.05, 0) is 40.5 Å². The minimum absolute atomic E-state index is 0.346. The molecule has 4 heteroatoms. The number of nitrogens with one attached hydrogen (secondary N) is 1. The topological polar surface area (TPSA) is 39.1 Å². The molecular weight excluding hydrogens is 226 g/mol. The van der Waals surface area contributed by atoms with Crippen LogP contribution in [0, 0.1) is 13.8 Å². The predicted octanol–water partition coefficient (Wildman–Crippen LogP) is 2.08. The van der Waals surface area contributed by atoms with E-state index in [1.807, 2.05) is 11.7 Å². The van der Waals surface area contributed by atoms with Crippen molar-refractivity contribution in [3.8, 4) is 0 Å². The molecule has 1 heterocycles. The molecule has 0 unspecified atom stereocenters. The summed E-state index contributed by atoms with van der Waals surface area (Å²) in [5, 5.41) is 8.04. The van der Waals surface area contributed by atoms with Crippen LogP contribution in [0.15, 0.2) is 0 Å². The van der Waals surface area contributed by atoms with Crippen LogP contribution in [0.4, 0.5) is 0 Å². The van der Waals surface area contributed by atoms with Crippen LogP contribution in [0.25, 0.3) is 0 Å². The zero-order valence-corrected chi connectivity index (χ0v) is 12.2. The van der Waals surface area contributed by atoms with Crippen LogP contribution < -0.4 is 5.32 Å². The Morgan fingerprint density at radius 2 is 2.06 bits per heavy atom. The van der Waals surface area contributed by atoms with Gasteiger partial charge in [-0.2, -0.15) is 5.10 Å². The smallest absolute Gasteiger partial charge is 0.0641 e. The second-order valence-electron chi connectivity index (χ2n) is 5.63. The van der Waals surface area contributed by atoms with E-state index < -0.39 is 0 Å². The molecule has 0 aliphatic heterocycles. The third kappa shape index (κ3) is 2.93.